The first-order chi connectivity index (χ1) is 16.6. The molecule has 2 aliphatic heterocycles. The minimum atomic E-state index is -0.554. The number of para-hydroxylation sites is 1. The van der Waals surface area contributed by atoms with Crippen LogP contribution in [-0.2, 0) is 21.9 Å². The van der Waals surface area contributed by atoms with Gasteiger partial charge in [0.1, 0.15) is 17.6 Å². The average molecular weight is 473 g/mol. The van der Waals surface area contributed by atoms with Crippen molar-refractivity contribution in [2.75, 3.05) is 0 Å². The number of aliphatic imine (C=N–C) groups is 2. The summed E-state index contributed by atoms with van der Waals surface area (Å²) in [5.74, 6) is 1.64. The van der Waals surface area contributed by atoms with E-state index in [4.69, 9.17) is 9.41 Å². The predicted octanol–water partition coefficient (Wildman–Crippen LogP) is 4.58. The molecule has 0 saturated heterocycles. The smallest absolute Gasteiger partial charge is 0.270 e. The van der Waals surface area contributed by atoms with E-state index in [1.807, 2.05) is 29.2 Å². The Balaban J connectivity index is 1.32. The van der Waals surface area contributed by atoms with Gasteiger partial charge in [-0.2, -0.15) is 4.99 Å². The van der Waals surface area contributed by atoms with Crippen molar-refractivity contribution in [1.29, 1.82) is 0 Å². The first-order valence-corrected chi connectivity index (χ1v) is 12.1. The van der Waals surface area contributed by atoms with Gasteiger partial charge in [-0.1, -0.05) is 53.7 Å². The molecule has 0 saturated carbocycles. The second kappa shape index (κ2) is 9.69. The summed E-state index contributed by atoms with van der Waals surface area (Å²) in [6.07, 6.45) is 2.12. The van der Waals surface area contributed by atoms with Gasteiger partial charge in [0.25, 0.3) is 5.91 Å². The van der Waals surface area contributed by atoms with Gasteiger partial charge in [-0.25, -0.2) is 4.99 Å². The van der Waals surface area contributed by atoms with Crippen LogP contribution in [0.1, 0.15) is 35.3 Å². The lowest BCUT2D eigenvalue weighted by atomic mass is 10.1. The highest BCUT2D eigenvalue weighted by Crippen LogP contribution is 2.36. The van der Waals surface area contributed by atoms with Crippen LogP contribution in [0.5, 0.6) is 0 Å². The van der Waals surface area contributed by atoms with Crippen molar-refractivity contribution in [3.63, 3.8) is 0 Å². The zero-order valence-electron chi connectivity index (χ0n) is 18.7. The lowest BCUT2D eigenvalue weighted by Gasteiger charge is -2.31. The Morgan fingerprint density at radius 1 is 1.09 bits per heavy atom. The monoisotopic (exact) mass is 472 g/mol. The van der Waals surface area contributed by atoms with E-state index in [2.05, 4.69) is 41.5 Å². The molecule has 1 unspecified atom stereocenters. The van der Waals surface area contributed by atoms with Gasteiger partial charge in [-0.3, -0.25) is 14.5 Å². The summed E-state index contributed by atoms with van der Waals surface area (Å²) in [6.45, 7) is 2.38. The second-order valence-electron chi connectivity index (χ2n) is 8.24. The number of amidine groups is 2. The molecule has 5 rings (SSSR count). The fourth-order valence-electron chi connectivity index (χ4n) is 3.96. The first kappa shape index (κ1) is 22.2. The molecular formula is C26H24N4O3S. The van der Waals surface area contributed by atoms with Gasteiger partial charge >= 0.3 is 0 Å². The fourth-order valence-corrected chi connectivity index (χ4v) is 4.97. The standard InChI is InChI=1S/C26H24N4O3S/c1-17-8-10-18(11-9-17)16-34-26-28-21-7-3-2-6-20(21)24-29-25(32)22(30(24)26)12-13-23(31)27-15-19-5-4-14-33-19/h2-11,14,22H,12-13,15-16H2,1H3,(H,27,31). The molecule has 2 amide bonds. The average Bonchev–Trinajstić information content (AvgIpc) is 3.48. The molecule has 34 heavy (non-hydrogen) atoms. The minimum absolute atomic E-state index is 0.138. The molecule has 3 heterocycles. The Labute approximate surface area is 202 Å². The molecule has 0 fully saturated rings. The quantitative estimate of drug-likeness (QED) is 0.544. The van der Waals surface area contributed by atoms with E-state index in [-0.39, 0.29) is 18.2 Å². The molecule has 0 radical (unpaired) electrons. The molecule has 172 valence electrons. The first-order valence-electron chi connectivity index (χ1n) is 11.2. The van der Waals surface area contributed by atoms with Gasteiger partial charge in [0.2, 0.25) is 5.91 Å². The van der Waals surface area contributed by atoms with Gasteiger partial charge in [-0.15, -0.1) is 0 Å². The van der Waals surface area contributed by atoms with Crippen LogP contribution in [0.15, 0.2) is 81.3 Å². The number of rotatable bonds is 7. The molecule has 0 bridgehead atoms. The van der Waals surface area contributed by atoms with E-state index in [9.17, 15) is 9.59 Å². The zero-order chi connectivity index (χ0) is 23.5. The number of fused-ring (bicyclic) bond motifs is 3. The third-order valence-corrected chi connectivity index (χ3v) is 6.81. The number of aryl methyl sites for hydroxylation is 1. The highest BCUT2D eigenvalue weighted by Gasteiger charge is 2.41. The van der Waals surface area contributed by atoms with Crippen molar-refractivity contribution >= 4 is 40.3 Å². The van der Waals surface area contributed by atoms with Crippen LogP contribution >= 0.6 is 11.8 Å². The summed E-state index contributed by atoms with van der Waals surface area (Å²) in [6, 6.07) is 19.1. The molecule has 7 nitrogen and oxygen atoms in total. The Morgan fingerprint density at radius 2 is 1.91 bits per heavy atom. The molecule has 1 N–H and O–H groups in total. The van der Waals surface area contributed by atoms with Crippen molar-refractivity contribution < 1.29 is 14.0 Å². The van der Waals surface area contributed by atoms with Crippen LogP contribution in [0.25, 0.3) is 0 Å². The van der Waals surface area contributed by atoms with E-state index >= 15 is 0 Å². The van der Waals surface area contributed by atoms with E-state index in [1.165, 1.54) is 11.1 Å². The highest BCUT2D eigenvalue weighted by atomic mass is 32.2. The van der Waals surface area contributed by atoms with Crippen LogP contribution in [0.3, 0.4) is 0 Å². The van der Waals surface area contributed by atoms with Crippen molar-refractivity contribution in [3.05, 3.63) is 89.4 Å². The fraction of sp³-hybridized carbons (Fsp3) is 0.231. The maximum Gasteiger partial charge on any atom is 0.270 e. The lowest BCUT2D eigenvalue weighted by molar-refractivity contribution is -0.122. The number of nitrogens with zero attached hydrogens (tertiary/aromatic N) is 3. The SMILES string of the molecule is Cc1ccc(CSC2=Nc3ccccc3C3=NC(=O)C(CCC(=O)NCc4ccco4)N23)cc1. The Kier molecular flexibility index (Phi) is 6.31. The maximum absolute atomic E-state index is 12.9. The molecule has 1 atom stereocenters. The molecule has 3 aromatic rings. The third-order valence-electron chi connectivity index (χ3n) is 5.78. The molecule has 8 heteroatoms. The number of amides is 2. The van der Waals surface area contributed by atoms with Crippen LogP contribution in [0.4, 0.5) is 5.69 Å². The van der Waals surface area contributed by atoms with Gasteiger partial charge in [0, 0.05) is 17.7 Å². The Bertz CT molecular complexity index is 1270. The van der Waals surface area contributed by atoms with Crippen LogP contribution in [0.2, 0.25) is 0 Å². The van der Waals surface area contributed by atoms with Gasteiger partial charge in [0.05, 0.1) is 18.5 Å². The summed E-state index contributed by atoms with van der Waals surface area (Å²) in [7, 11) is 0. The summed E-state index contributed by atoms with van der Waals surface area (Å²) in [4.78, 5) is 36.5. The van der Waals surface area contributed by atoms with Crippen LogP contribution in [0, 0.1) is 6.92 Å². The number of hydrogen-bond acceptors (Lipinski definition) is 6. The van der Waals surface area contributed by atoms with Crippen molar-refractivity contribution in [2.24, 2.45) is 9.98 Å². The van der Waals surface area contributed by atoms with Gasteiger partial charge in [0.15, 0.2) is 5.17 Å². The number of carbonyl (C=O) groups excluding carboxylic acids is 2. The van der Waals surface area contributed by atoms with Crippen molar-refractivity contribution in [3.8, 4) is 0 Å². The number of benzene rings is 2. The molecular weight excluding hydrogens is 448 g/mol. The topological polar surface area (TPSA) is 87.3 Å². The summed E-state index contributed by atoms with van der Waals surface area (Å²) < 4.78 is 5.25. The van der Waals surface area contributed by atoms with E-state index in [0.29, 0.717) is 24.6 Å². The number of hydrogen-bond donors (Lipinski definition) is 1. The number of thioether (sulfide) groups is 1. The summed E-state index contributed by atoms with van der Waals surface area (Å²) >= 11 is 1.57. The van der Waals surface area contributed by atoms with Gasteiger partial charge in [-0.05, 0) is 43.2 Å². The van der Waals surface area contributed by atoms with E-state index in [1.54, 1.807) is 30.2 Å². The Hall–Kier alpha value is -3.65. The highest BCUT2D eigenvalue weighted by molar-refractivity contribution is 8.13. The molecule has 0 aliphatic carbocycles. The number of furan rings is 1. The minimum Gasteiger partial charge on any atom is -0.467 e. The van der Waals surface area contributed by atoms with Crippen molar-refractivity contribution in [1.82, 2.24) is 10.2 Å². The molecule has 0 spiro atoms. The predicted molar refractivity (Wildman–Crippen MR) is 133 cm³/mol. The van der Waals surface area contributed by atoms with E-state index < -0.39 is 6.04 Å². The maximum atomic E-state index is 12.9. The van der Waals surface area contributed by atoms with E-state index in [0.717, 1.165) is 22.2 Å². The number of carbonyl (C=O) groups is 2. The molecule has 2 aromatic carbocycles. The summed E-state index contributed by atoms with van der Waals surface area (Å²) in [5, 5.41) is 3.57. The molecule has 2 aliphatic rings. The van der Waals surface area contributed by atoms with Gasteiger partial charge < -0.3 is 9.73 Å². The van der Waals surface area contributed by atoms with Crippen LogP contribution < -0.4 is 5.32 Å². The third kappa shape index (κ3) is 4.68. The number of nitrogens with one attached hydrogen (secondary N) is 1. The normalized spacial score (nSPS) is 16.6. The van der Waals surface area contributed by atoms with Crippen LogP contribution in [-0.4, -0.2) is 33.8 Å². The second-order valence-corrected chi connectivity index (χ2v) is 9.18. The Morgan fingerprint density at radius 3 is 2.71 bits per heavy atom. The van der Waals surface area contributed by atoms with Crippen molar-refractivity contribution in [2.45, 2.75) is 38.1 Å². The molecule has 1 aromatic heterocycles. The zero-order valence-corrected chi connectivity index (χ0v) is 19.5. The lowest BCUT2D eigenvalue weighted by Crippen LogP contribution is -2.44. The summed E-state index contributed by atoms with van der Waals surface area (Å²) in [5.41, 5.74) is 4.02. The largest absolute Gasteiger partial charge is 0.467 e.